The Kier molecular flexibility index (Phi) is 11.3. The average molecular weight is 745 g/mol. The number of halogens is 1. The summed E-state index contributed by atoms with van der Waals surface area (Å²) in [5.41, 5.74) is 0.433. The molecule has 23 heteroatoms. The highest BCUT2D eigenvalue weighted by molar-refractivity contribution is 7.85. The lowest BCUT2D eigenvalue weighted by Crippen LogP contribution is -2.35. The molecule has 2 saturated heterocycles. The van der Waals surface area contributed by atoms with Crippen LogP contribution in [0.25, 0.3) is 22.3 Å². The van der Waals surface area contributed by atoms with E-state index in [1.807, 2.05) is 6.07 Å². The molecule has 277 valence electrons. The number of aromatic nitrogens is 8. The number of H-pyrrole nitrogens is 1. The maximum Gasteiger partial charge on any atom is 0.280 e. The number of aryl methyl sites for hydroxylation is 1. The van der Waals surface area contributed by atoms with Crippen LogP contribution in [0.1, 0.15) is 38.4 Å². The number of ether oxygens (including phenoxy) is 2. The number of aromatic amines is 1. The quantitative estimate of drug-likeness (QED) is 0.0652. The minimum atomic E-state index is -4.06. The van der Waals surface area contributed by atoms with Crippen LogP contribution in [0.4, 0.5) is 10.3 Å². The van der Waals surface area contributed by atoms with Gasteiger partial charge in [0, 0.05) is 11.8 Å². The number of imidazole rings is 2. The number of carbonyl (C=O) groups is 1. The van der Waals surface area contributed by atoms with Gasteiger partial charge in [0.05, 0.1) is 50.2 Å². The van der Waals surface area contributed by atoms with Crippen molar-refractivity contribution < 1.29 is 47.5 Å². The Bertz CT molecular complexity index is 2010. The van der Waals surface area contributed by atoms with Crippen LogP contribution in [0.3, 0.4) is 0 Å². The van der Waals surface area contributed by atoms with Gasteiger partial charge >= 0.3 is 0 Å². The fourth-order valence-electron chi connectivity index (χ4n) is 5.85. The summed E-state index contributed by atoms with van der Waals surface area (Å²) in [7, 11) is 2.53. The Morgan fingerprint density at radius 1 is 1.12 bits per heavy atom. The van der Waals surface area contributed by atoms with Gasteiger partial charge in [-0.25, -0.2) is 37.9 Å². The smallest absolute Gasteiger partial charge is 0.280 e. The summed E-state index contributed by atoms with van der Waals surface area (Å²) < 4.78 is 48.0. The minimum absolute atomic E-state index is 0.0426. The summed E-state index contributed by atoms with van der Waals surface area (Å²) in [6, 6.07) is 1.91. The molecule has 1 amide bonds. The van der Waals surface area contributed by atoms with Gasteiger partial charge in [0.1, 0.15) is 45.1 Å². The second-order valence-corrected chi connectivity index (χ2v) is 14.2. The first-order valence-electron chi connectivity index (χ1n) is 16.2. The first-order chi connectivity index (χ1) is 24.9. The van der Waals surface area contributed by atoms with Crippen molar-refractivity contribution in [2.45, 2.75) is 70.2 Å². The number of alkyl halides is 1. The van der Waals surface area contributed by atoms with Crippen molar-refractivity contribution >= 4 is 49.6 Å². The molecule has 0 saturated carbocycles. The summed E-state index contributed by atoms with van der Waals surface area (Å²) in [4.78, 5) is 48.7. The predicted octanol–water partition coefficient (Wildman–Crippen LogP) is 0.135. The molecular formula is C29H36BFN10O10P. The number of nitrogens with zero attached hydrogens (tertiary/aromatic N) is 8. The number of nitrogens with one attached hydrogen (secondary N) is 2. The molecule has 9 atom stereocenters. The highest BCUT2D eigenvalue weighted by atomic mass is 31.2. The van der Waals surface area contributed by atoms with Crippen molar-refractivity contribution in [2.75, 3.05) is 31.7 Å². The molecule has 0 aliphatic carbocycles. The number of hydrogen-bond donors (Lipinski definition) is 5. The van der Waals surface area contributed by atoms with Crippen molar-refractivity contribution in [2.24, 2.45) is 11.8 Å². The van der Waals surface area contributed by atoms with Gasteiger partial charge < -0.3 is 24.8 Å². The molecule has 3 unspecified atom stereocenters. The van der Waals surface area contributed by atoms with E-state index in [2.05, 4.69) is 35.2 Å². The summed E-state index contributed by atoms with van der Waals surface area (Å²) in [6.07, 6.45) is -6.13. The van der Waals surface area contributed by atoms with Crippen molar-refractivity contribution in [1.82, 2.24) is 39.0 Å². The Hall–Kier alpha value is -4.04. The molecule has 6 heterocycles. The summed E-state index contributed by atoms with van der Waals surface area (Å²) >= 11 is 0. The van der Waals surface area contributed by atoms with E-state index < -0.39 is 94.0 Å². The van der Waals surface area contributed by atoms with Crippen LogP contribution in [0.15, 0.2) is 23.8 Å². The lowest BCUT2D eigenvalue weighted by atomic mass is 9.99. The summed E-state index contributed by atoms with van der Waals surface area (Å²) in [5.74, 6) is -1.97. The number of hydrogen-bond acceptors (Lipinski definition) is 16. The molecule has 2 fully saturated rings. The van der Waals surface area contributed by atoms with Gasteiger partial charge in [-0.2, -0.15) is 17.8 Å². The topological polar surface area (TPSA) is 267 Å². The predicted molar refractivity (Wildman–Crippen MR) is 178 cm³/mol. The standard InChI is InChI=1S/C29H35BFN10O10P/c1-13(2)25(45)38-29-37-24-20(26(46)39-29)36-12-41(24)28-22(15(7-42)16(8-43)49-28)51-52(30,47-6-4-5-32)48-9-17-21(44)18(31)27(50-17)40-11-35-19-14(3)33-10-34-23(19)40/h10-13,15-18,21-22,27-28,42-44H,4,6-9H2,1-3H3,(H-,37,38,39,45,46)/q-1/p+1/t15-,16?,17+,18-,21-,22-,27?,28+,52?/m0/s1. The molecule has 0 aromatic carbocycles. The van der Waals surface area contributed by atoms with Gasteiger partial charge in [0.25, 0.3) is 5.56 Å². The number of fused-ring (bicyclic) bond motifs is 2. The van der Waals surface area contributed by atoms with Crippen LogP contribution >= 0.6 is 7.82 Å². The Morgan fingerprint density at radius 2 is 1.83 bits per heavy atom. The van der Waals surface area contributed by atoms with Crippen LogP contribution in [-0.2, 0) is 27.8 Å². The number of carbonyl (C=O) groups excluding carboxylic acids is 1. The normalized spacial score (nSPS) is 27.4. The van der Waals surface area contributed by atoms with Crippen molar-refractivity contribution in [1.29, 1.82) is 5.26 Å². The highest BCUT2D eigenvalue weighted by Crippen LogP contribution is 2.61. The van der Waals surface area contributed by atoms with Crippen LogP contribution in [0.2, 0.25) is 0 Å². The Labute approximate surface area is 296 Å². The molecule has 4 aromatic rings. The van der Waals surface area contributed by atoms with Gasteiger partial charge in [-0.05, 0) is 6.92 Å². The van der Waals surface area contributed by atoms with E-state index in [1.165, 1.54) is 28.1 Å². The van der Waals surface area contributed by atoms with Crippen molar-refractivity contribution in [3.05, 3.63) is 35.0 Å². The third-order valence-electron chi connectivity index (χ3n) is 8.64. The first-order valence-corrected chi connectivity index (χ1v) is 17.8. The van der Waals surface area contributed by atoms with Crippen molar-refractivity contribution in [3.63, 3.8) is 0 Å². The van der Waals surface area contributed by atoms with E-state index in [0.717, 1.165) is 0 Å². The highest BCUT2D eigenvalue weighted by Gasteiger charge is 2.52. The van der Waals surface area contributed by atoms with Crippen LogP contribution in [0.5, 0.6) is 0 Å². The lowest BCUT2D eigenvalue weighted by molar-refractivity contribution is -0.118. The third kappa shape index (κ3) is 7.28. The minimum Gasteiger partial charge on any atom is -0.396 e. The van der Waals surface area contributed by atoms with E-state index >= 15 is 4.39 Å². The van der Waals surface area contributed by atoms with E-state index in [-0.39, 0.29) is 35.8 Å². The molecule has 20 nitrogen and oxygen atoms in total. The fraction of sp³-hybridized carbons (Fsp3) is 0.586. The fourth-order valence-corrected chi connectivity index (χ4v) is 7.35. The molecule has 2 aliphatic rings. The largest absolute Gasteiger partial charge is 0.396 e. The molecule has 6 rings (SSSR count). The number of aliphatic hydroxyl groups excluding tert-OH is 3. The van der Waals surface area contributed by atoms with E-state index in [4.69, 9.17) is 35.9 Å². The molecule has 4 aromatic heterocycles. The molecule has 0 spiro atoms. The molecule has 2 aliphatic heterocycles. The van der Waals surface area contributed by atoms with Gasteiger partial charge in [-0.3, -0.25) is 29.0 Å². The second kappa shape index (κ2) is 15.5. The number of rotatable bonds is 14. The van der Waals surface area contributed by atoms with Gasteiger partial charge in [-0.15, -0.1) is 0 Å². The van der Waals surface area contributed by atoms with Crippen LogP contribution in [-0.4, -0.2) is 125 Å². The number of amides is 1. The molecule has 52 heavy (non-hydrogen) atoms. The molecular weight excluding hydrogens is 709 g/mol. The van der Waals surface area contributed by atoms with Crippen molar-refractivity contribution in [3.8, 4) is 6.07 Å². The summed E-state index contributed by atoms with van der Waals surface area (Å²) in [6.45, 7) is 3.05. The second-order valence-electron chi connectivity index (χ2n) is 12.4. The van der Waals surface area contributed by atoms with Gasteiger partial charge in [0.2, 0.25) is 11.9 Å². The SMILES string of the molecule is [B-][P+](OCCC#N)(OC[C@H]1OC(n2cnc3c(C)ncnc32)[C@@H](F)[C@H]1O)O[C@@H]1[C@H](n2cnc3c(=O)[nH]c(NC(=O)C(C)C)nc32)OC(CO)[C@@H]1CO. The Morgan fingerprint density at radius 3 is 2.52 bits per heavy atom. The maximum atomic E-state index is 15.5. The number of aliphatic hydroxyl groups is 3. The van der Waals surface area contributed by atoms with E-state index in [1.54, 1.807) is 20.8 Å². The molecule has 0 bridgehead atoms. The number of nitriles is 1. The van der Waals surface area contributed by atoms with Gasteiger partial charge in [0.15, 0.2) is 41.5 Å². The van der Waals surface area contributed by atoms with E-state index in [9.17, 15) is 24.9 Å². The third-order valence-corrected chi connectivity index (χ3v) is 10.2. The molecule has 5 N–H and O–H groups in total. The zero-order valence-corrected chi connectivity index (χ0v) is 29.0. The maximum absolute atomic E-state index is 15.5. The lowest BCUT2D eigenvalue weighted by Gasteiger charge is -2.36. The zero-order valence-electron chi connectivity index (χ0n) is 28.1. The van der Waals surface area contributed by atoms with Crippen LogP contribution in [0, 0.1) is 30.1 Å². The Balaban J connectivity index is 1.27. The zero-order chi connectivity index (χ0) is 37.3. The monoisotopic (exact) mass is 745 g/mol. The first kappa shape index (κ1) is 37.7. The van der Waals surface area contributed by atoms with Crippen LogP contribution < -0.4 is 10.9 Å². The summed E-state index contributed by atoms with van der Waals surface area (Å²) in [5, 5.41) is 43.1. The number of anilines is 1. The molecule has 3 radical (unpaired) electrons. The van der Waals surface area contributed by atoms with Gasteiger partial charge in [-0.1, -0.05) is 13.8 Å². The van der Waals surface area contributed by atoms with E-state index in [0.29, 0.717) is 11.2 Å². The average Bonchev–Trinajstić information content (AvgIpc) is 3.88.